The van der Waals surface area contributed by atoms with Crippen LogP contribution in [0.25, 0.3) is 11.3 Å². The van der Waals surface area contributed by atoms with Gasteiger partial charge in [0.2, 0.25) is 5.91 Å². The summed E-state index contributed by atoms with van der Waals surface area (Å²) in [7, 11) is -3.54. The number of anilines is 1. The lowest BCUT2D eigenvalue weighted by atomic mass is 10.1. The van der Waals surface area contributed by atoms with Crippen LogP contribution in [0.4, 0.5) is 10.8 Å². The third-order valence-corrected chi connectivity index (χ3v) is 6.29. The minimum Gasteiger partial charge on any atom is -0.302 e. The summed E-state index contributed by atoms with van der Waals surface area (Å²) < 4.78 is 24.4. The van der Waals surface area contributed by atoms with Crippen molar-refractivity contribution in [3.05, 3.63) is 70.1 Å². The Kier molecular flexibility index (Phi) is 5.81. The number of nitro benzene ring substituents is 1. The number of rotatable bonds is 7. The monoisotopic (exact) mass is 417 g/mol. The minimum absolute atomic E-state index is 0.0535. The van der Waals surface area contributed by atoms with E-state index in [0.29, 0.717) is 16.4 Å². The van der Waals surface area contributed by atoms with Crippen molar-refractivity contribution in [2.75, 3.05) is 11.1 Å². The standard InChI is InChI=1S/C18H15N3O5S2/c22-17(9-10-28(25,26)15-7-2-1-3-8-15)20-18-19-16(12-27-18)13-5-4-6-14(11-13)21(23)24/h1-8,11-12H,9-10H2,(H,19,20,22). The highest BCUT2D eigenvalue weighted by molar-refractivity contribution is 7.91. The van der Waals surface area contributed by atoms with E-state index in [-0.39, 0.29) is 22.8 Å². The molecule has 8 nitrogen and oxygen atoms in total. The van der Waals surface area contributed by atoms with E-state index in [1.54, 1.807) is 35.7 Å². The number of hydrogen-bond donors (Lipinski definition) is 1. The van der Waals surface area contributed by atoms with E-state index in [2.05, 4.69) is 10.3 Å². The number of sulfone groups is 1. The van der Waals surface area contributed by atoms with Crippen LogP contribution in [-0.2, 0) is 14.6 Å². The summed E-state index contributed by atoms with van der Waals surface area (Å²) in [5.74, 6) is -0.786. The van der Waals surface area contributed by atoms with Gasteiger partial charge in [0.25, 0.3) is 5.69 Å². The van der Waals surface area contributed by atoms with E-state index in [0.717, 1.165) is 11.3 Å². The van der Waals surface area contributed by atoms with Crippen molar-refractivity contribution in [3.8, 4) is 11.3 Å². The molecule has 0 radical (unpaired) electrons. The minimum atomic E-state index is -3.54. The van der Waals surface area contributed by atoms with Crippen LogP contribution in [-0.4, -0.2) is 30.0 Å². The van der Waals surface area contributed by atoms with E-state index in [4.69, 9.17) is 0 Å². The zero-order chi connectivity index (χ0) is 20.1. The molecule has 0 aliphatic carbocycles. The van der Waals surface area contributed by atoms with Crippen molar-refractivity contribution < 1.29 is 18.1 Å². The number of amides is 1. The number of carbonyl (C=O) groups is 1. The maximum Gasteiger partial charge on any atom is 0.270 e. The number of carbonyl (C=O) groups excluding carboxylic acids is 1. The Bertz CT molecular complexity index is 1110. The van der Waals surface area contributed by atoms with Gasteiger partial charge in [0, 0.05) is 29.5 Å². The molecular weight excluding hydrogens is 402 g/mol. The van der Waals surface area contributed by atoms with Crippen LogP contribution < -0.4 is 5.32 Å². The lowest BCUT2D eigenvalue weighted by Gasteiger charge is -2.04. The number of hydrogen-bond acceptors (Lipinski definition) is 7. The molecule has 0 spiro atoms. The fraction of sp³-hybridized carbons (Fsp3) is 0.111. The van der Waals surface area contributed by atoms with Crippen molar-refractivity contribution in [3.63, 3.8) is 0 Å². The second-order valence-corrected chi connectivity index (χ2v) is 8.74. The molecule has 0 atom stereocenters. The molecule has 0 unspecified atom stereocenters. The van der Waals surface area contributed by atoms with Gasteiger partial charge in [0.05, 0.1) is 21.3 Å². The quantitative estimate of drug-likeness (QED) is 0.464. The summed E-state index contributed by atoms with van der Waals surface area (Å²) >= 11 is 1.15. The summed E-state index contributed by atoms with van der Waals surface area (Å²) in [5.41, 5.74) is 0.987. The molecule has 3 aromatic rings. The second-order valence-electron chi connectivity index (χ2n) is 5.78. The van der Waals surface area contributed by atoms with Crippen LogP contribution in [0.15, 0.2) is 64.9 Å². The molecule has 0 saturated carbocycles. The van der Waals surface area contributed by atoms with Gasteiger partial charge in [-0.3, -0.25) is 14.9 Å². The predicted molar refractivity (Wildman–Crippen MR) is 106 cm³/mol. The topological polar surface area (TPSA) is 119 Å². The molecule has 144 valence electrons. The first-order valence-corrected chi connectivity index (χ1v) is 10.7. The van der Waals surface area contributed by atoms with Gasteiger partial charge in [0.15, 0.2) is 15.0 Å². The Morgan fingerprint density at radius 1 is 1.14 bits per heavy atom. The smallest absolute Gasteiger partial charge is 0.270 e. The largest absolute Gasteiger partial charge is 0.302 e. The van der Waals surface area contributed by atoms with Gasteiger partial charge in [-0.2, -0.15) is 0 Å². The van der Waals surface area contributed by atoms with E-state index in [1.165, 1.54) is 24.3 Å². The number of aromatic nitrogens is 1. The average molecular weight is 417 g/mol. The summed E-state index contributed by atoms with van der Waals surface area (Å²) in [6.45, 7) is 0. The maximum atomic E-state index is 12.2. The summed E-state index contributed by atoms with van der Waals surface area (Å²) in [4.78, 5) is 26.9. The summed E-state index contributed by atoms with van der Waals surface area (Å²) in [6.07, 6.45) is -0.205. The van der Waals surface area contributed by atoms with Gasteiger partial charge in [-0.15, -0.1) is 11.3 Å². The van der Waals surface area contributed by atoms with Crippen LogP contribution in [0, 0.1) is 10.1 Å². The molecule has 0 aliphatic heterocycles. The molecule has 1 heterocycles. The van der Waals surface area contributed by atoms with Crippen LogP contribution in [0.2, 0.25) is 0 Å². The Morgan fingerprint density at radius 3 is 2.61 bits per heavy atom. The van der Waals surface area contributed by atoms with E-state index >= 15 is 0 Å². The number of nitrogens with one attached hydrogen (secondary N) is 1. The zero-order valence-electron chi connectivity index (χ0n) is 14.4. The van der Waals surface area contributed by atoms with Crippen molar-refractivity contribution in [1.29, 1.82) is 0 Å². The van der Waals surface area contributed by atoms with Crippen LogP contribution in [0.3, 0.4) is 0 Å². The van der Waals surface area contributed by atoms with Gasteiger partial charge in [0.1, 0.15) is 0 Å². The highest BCUT2D eigenvalue weighted by atomic mass is 32.2. The molecule has 3 rings (SSSR count). The van der Waals surface area contributed by atoms with Crippen molar-refractivity contribution in [2.45, 2.75) is 11.3 Å². The van der Waals surface area contributed by atoms with E-state index < -0.39 is 20.7 Å². The van der Waals surface area contributed by atoms with Gasteiger partial charge in [-0.1, -0.05) is 30.3 Å². The fourth-order valence-electron chi connectivity index (χ4n) is 2.40. The van der Waals surface area contributed by atoms with Crippen molar-refractivity contribution in [2.24, 2.45) is 0 Å². The van der Waals surface area contributed by atoms with Gasteiger partial charge in [-0.25, -0.2) is 13.4 Å². The molecule has 0 saturated heterocycles. The highest BCUT2D eigenvalue weighted by Crippen LogP contribution is 2.27. The lowest BCUT2D eigenvalue weighted by molar-refractivity contribution is -0.384. The molecular formula is C18H15N3O5S2. The number of nitrogens with zero attached hydrogens (tertiary/aromatic N) is 2. The molecule has 1 amide bonds. The number of nitro groups is 1. The normalized spacial score (nSPS) is 11.1. The maximum absolute atomic E-state index is 12.2. The SMILES string of the molecule is O=C(CCS(=O)(=O)c1ccccc1)Nc1nc(-c2cccc([N+](=O)[O-])c2)cs1. The van der Waals surface area contributed by atoms with Crippen LogP contribution >= 0.6 is 11.3 Å². The fourth-order valence-corrected chi connectivity index (χ4v) is 4.39. The lowest BCUT2D eigenvalue weighted by Crippen LogP contribution is -2.17. The Labute approximate surface area is 164 Å². The zero-order valence-corrected chi connectivity index (χ0v) is 16.1. The summed E-state index contributed by atoms with van der Waals surface area (Å²) in [6, 6.07) is 13.9. The second kappa shape index (κ2) is 8.28. The molecule has 1 N–H and O–H groups in total. The molecule has 0 bridgehead atoms. The number of thiazole rings is 1. The Morgan fingerprint density at radius 2 is 1.89 bits per heavy atom. The van der Waals surface area contributed by atoms with Crippen LogP contribution in [0.1, 0.15) is 6.42 Å². The number of non-ortho nitro benzene ring substituents is 1. The Balaban J connectivity index is 1.63. The summed E-state index contributed by atoms with van der Waals surface area (Å²) in [5, 5.41) is 15.4. The molecule has 28 heavy (non-hydrogen) atoms. The van der Waals surface area contributed by atoms with Gasteiger partial charge >= 0.3 is 0 Å². The molecule has 0 aliphatic rings. The molecule has 10 heteroatoms. The average Bonchev–Trinajstić information content (AvgIpc) is 3.16. The van der Waals surface area contributed by atoms with E-state index in [9.17, 15) is 23.3 Å². The first-order chi connectivity index (χ1) is 13.3. The van der Waals surface area contributed by atoms with Crippen LogP contribution in [0.5, 0.6) is 0 Å². The van der Waals surface area contributed by atoms with Crippen molar-refractivity contribution >= 4 is 37.9 Å². The van der Waals surface area contributed by atoms with Gasteiger partial charge in [-0.05, 0) is 12.1 Å². The first-order valence-electron chi connectivity index (χ1n) is 8.13. The van der Waals surface area contributed by atoms with E-state index in [1.807, 2.05) is 0 Å². The molecule has 1 aromatic heterocycles. The molecule has 0 fully saturated rings. The highest BCUT2D eigenvalue weighted by Gasteiger charge is 2.17. The first kappa shape index (κ1) is 19.6. The van der Waals surface area contributed by atoms with Gasteiger partial charge < -0.3 is 5.32 Å². The Hall–Kier alpha value is -3.11. The predicted octanol–water partition coefficient (Wildman–Crippen LogP) is 3.52. The molecule has 2 aromatic carbocycles. The van der Waals surface area contributed by atoms with Crippen molar-refractivity contribution in [1.82, 2.24) is 4.98 Å². The third kappa shape index (κ3) is 4.78. The third-order valence-electron chi connectivity index (χ3n) is 3.80. The number of benzene rings is 2.